The van der Waals surface area contributed by atoms with Crippen molar-refractivity contribution in [3.63, 3.8) is 0 Å². The van der Waals surface area contributed by atoms with Crippen molar-refractivity contribution < 1.29 is 0 Å². The van der Waals surface area contributed by atoms with Crippen LogP contribution in [0.3, 0.4) is 0 Å². The van der Waals surface area contributed by atoms with Crippen LogP contribution in [0.15, 0.2) is 53.7 Å². The van der Waals surface area contributed by atoms with E-state index in [1.807, 2.05) is 16.6 Å². The molecule has 1 N–H and O–H groups in total. The topological polar surface area (TPSA) is 45.5 Å². The van der Waals surface area contributed by atoms with E-state index in [2.05, 4.69) is 64.9 Å². The molecule has 0 fully saturated rings. The SMILES string of the molecule is CSc1ccc(C(CNc2ccnc3ccnn23)N(C)C)cc1. The molecule has 1 unspecified atom stereocenters. The maximum atomic E-state index is 4.31. The second-order valence-electron chi connectivity index (χ2n) is 5.56. The molecule has 23 heavy (non-hydrogen) atoms. The number of benzene rings is 1. The third kappa shape index (κ3) is 3.48. The number of aromatic nitrogens is 3. The van der Waals surface area contributed by atoms with E-state index in [0.29, 0.717) is 0 Å². The Labute approximate surface area is 140 Å². The molecule has 2 aromatic heterocycles. The van der Waals surface area contributed by atoms with Crippen LogP contribution in [0.25, 0.3) is 5.65 Å². The molecule has 0 bridgehead atoms. The summed E-state index contributed by atoms with van der Waals surface area (Å²) in [5.41, 5.74) is 2.15. The van der Waals surface area contributed by atoms with Crippen molar-refractivity contribution in [2.75, 3.05) is 32.2 Å². The number of rotatable bonds is 6. The number of thioether (sulfide) groups is 1. The summed E-state index contributed by atoms with van der Waals surface area (Å²) in [6, 6.07) is 12.9. The number of hydrogen-bond acceptors (Lipinski definition) is 5. The predicted molar refractivity (Wildman–Crippen MR) is 96.1 cm³/mol. The van der Waals surface area contributed by atoms with Crippen LogP contribution < -0.4 is 5.32 Å². The lowest BCUT2D eigenvalue weighted by molar-refractivity contribution is 0.311. The van der Waals surface area contributed by atoms with Gasteiger partial charge in [0.1, 0.15) is 5.82 Å². The molecule has 3 aromatic rings. The first-order chi connectivity index (χ1) is 11.2. The maximum Gasteiger partial charge on any atom is 0.157 e. The third-order valence-corrected chi connectivity index (χ3v) is 4.63. The number of nitrogens with one attached hydrogen (secondary N) is 1. The number of fused-ring (bicyclic) bond motifs is 1. The predicted octanol–water partition coefficient (Wildman–Crippen LogP) is 3.17. The van der Waals surface area contributed by atoms with Crippen molar-refractivity contribution in [2.24, 2.45) is 0 Å². The van der Waals surface area contributed by atoms with E-state index in [1.54, 1.807) is 24.2 Å². The fourth-order valence-electron chi connectivity index (χ4n) is 2.59. The van der Waals surface area contributed by atoms with Crippen molar-refractivity contribution in [1.82, 2.24) is 19.5 Å². The summed E-state index contributed by atoms with van der Waals surface area (Å²) in [5.74, 6) is 0.951. The van der Waals surface area contributed by atoms with Gasteiger partial charge in [-0.2, -0.15) is 9.61 Å². The Bertz CT molecular complexity index is 766. The minimum absolute atomic E-state index is 0.282. The number of hydrogen-bond donors (Lipinski definition) is 1. The lowest BCUT2D eigenvalue weighted by Gasteiger charge is -2.25. The smallest absolute Gasteiger partial charge is 0.157 e. The van der Waals surface area contributed by atoms with Crippen molar-refractivity contribution in [1.29, 1.82) is 0 Å². The highest BCUT2D eigenvalue weighted by molar-refractivity contribution is 7.98. The maximum absolute atomic E-state index is 4.31. The Kier molecular flexibility index (Phi) is 4.83. The summed E-state index contributed by atoms with van der Waals surface area (Å²) in [4.78, 5) is 7.80. The van der Waals surface area contributed by atoms with Crippen molar-refractivity contribution in [3.8, 4) is 0 Å². The average molecular weight is 327 g/mol. The Balaban J connectivity index is 1.78. The Morgan fingerprint density at radius 1 is 1.13 bits per heavy atom. The average Bonchev–Trinajstić information content (AvgIpc) is 3.04. The molecule has 0 amide bonds. The van der Waals surface area contributed by atoms with Crippen molar-refractivity contribution >= 4 is 23.2 Å². The summed E-state index contributed by atoms with van der Waals surface area (Å²) in [5, 5.41) is 7.81. The molecule has 1 aromatic carbocycles. The van der Waals surface area contributed by atoms with Crippen LogP contribution in [0.4, 0.5) is 5.82 Å². The summed E-state index contributed by atoms with van der Waals surface area (Å²) >= 11 is 1.76. The van der Waals surface area contributed by atoms with Gasteiger partial charge in [-0.3, -0.25) is 0 Å². The molecule has 0 aliphatic heterocycles. The molecule has 120 valence electrons. The van der Waals surface area contributed by atoms with E-state index >= 15 is 0 Å². The molecule has 3 rings (SSSR count). The molecule has 0 spiro atoms. The van der Waals surface area contributed by atoms with E-state index in [0.717, 1.165) is 18.0 Å². The number of anilines is 1. The normalized spacial score (nSPS) is 12.7. The Morgan fingerprint density at radius 3 is 2.61 bits per heavy atom. The molecule has 0 aliphatic rings. The van der Waals surface area contributed by atoms with E-state index in [-0.39, 0.29) is 6.04 Å². The van der Waals surface area contributed by atoms with Crippen molar-refractivity contribution in [3.05, 3.63) is 54.4 Å². The van der Waals surface area contributed by atoms with Crippen LogP contribution in [0.2, 0.25) is 0 Å². The Hall–Kier alpha value is -2.05. The van der Waals surface area contributed by atoms with Gasteiger partial charge in [0.05, 0.1) is 12.2 Å². The molecule has 0 saturated carbocycles. The van der Waals surface area contributed by atoms with Crippen LogP contribution >= 0.6 is 11.8 Å². The number of likely N-dealkylation sites (N-methyl/N-ethyl adjacent to an activating group) is 1. The zero-order chi connectivity index (χ0) is 16.2. The highest BCUT2D eigenvalue weighted by Gasteiger charge is 2.14. The Morgan fingerprint density at radius 2 is 1.91 bits per heavy atom. The van der Waals surface area contributed by atoms with E-state index in [1.165, 1.54) is 10.5 Å². The highest BCUT2D eigenvalue weighted by atomic mass is 32.2. The van der Waals surface area contributed by atoms with Crippen molar-refractivity contribution in [2.45, 2.75) is 10.9 Å². The fraction of sp³-hybridized carbons (Fsp3) is 0.294. The monoisotopic (exact) mass is 327 g/mol. The zero-order valence-electron chi connectivity index (χ0n) is 13.6. The molecular weight excluding hydrogens is 306 g/mol. The largest absolute Gasteiger partial charge is 0.368 e. The van der Waals surface area contributed by atoms with Crippen LogP contribution in [-0.2, 0) is 0 Å². The van der Waals surface area contributed by atoms with Crippen LogP contribution in [0.1, 0.15) is 11.6 Å². The van der Waals surface area contributed by atoms with E-state index in [4.69, 9.17) is 0 Å². The van der Waals surface area contributed by atoms with Gasteiger partial charge in [0.2, 0.25) is 0 Å². The second kappa shape index (κ2) is 7.02. The lowest BCUT2D eigenvalue weighted by atomic mass is 10.1. The molecule has 0 saturated heterocycles. The highest BCUT2D eigenvalue weighted by Crippen LogP contribution is 2.22. The van der Waals surface area contributed by atoms with Gasteiger partial charge in [0.15, 0.2) is 5.65 Å². The van der Waals surface area contributed by atoms with Gasteiger partial charge in [-0.15, -0.1) is 11.8 Å². The minimum Gasteiger partial charge on any atom is -0.368 e. The van der Waals surface area contributed by atoms with E-state index in [9.17, 15) is 0 Å². The first-order valence-corrected chi connectivity index (χ1v) is 8.74. The van der Waals surface area contributed by atoms with Gasteiger partial charge < -0.3 is 10.2 Å². The molecule has 6 heteroatoms. The third-order valence-electron chi connectivity index (χ3n) is 3.89. The van der Waals surface area contributed by atoms with Crippen LogP contribution in [0.5, 0.6) is 0 Å². The standard InChI is InChI=1S/C17H21N5S/c1-21(2)15(13-4-6-14(23-3)7-5-13)12-19-17-8-10-18-16-9-11-20-22(16)17/h4-11,15,19H,12H2,1-3H3. The lowest BCUT2D eigenvalue weighted by Crippen LogP contribution is -2.27. The van der Waals surface area contributed by atoms with Gasteiger partial charge in [-0.1, -0.05) is 12.1 Å². The quantitative estimate of drug-likeness (QED) is 0.705. The van der Waals surface area contributed by atoms with Gasteiger partial charge in [0, 0.05) is 23.7 Å². The molecule has 0 radical (unpaired) electrons. The van der Waals surface area contributed by atoms with Gasteiger partial charge in [0.25, 0.3) is 0 Å². The molecule has 1 atom stereocenters. The summed E-state index contributed by atoms with van der Waals surface area (Å²) in [6.07, 6.45) is 5.66. The summed E-state index contributed by atoms with van der Waals surface area (Å²) < 4.78 is 1.82. The zero-order valence-corrected chi connectivity index (χ0v) is 14.4. The first-order valence-electron chi connectivity index (χ1n) is 7.52. The number of nitrogens with zero attached hydrogens (tertiary/aromatic N) is 4. The van der Waals surface area contributed by atoms with Gasteiger partial charge in [-0.25, -0.2) is 4.98 Å². The molecule has 5 nitrogen and oxygen atoms in total. The van der Waals surface area contributed by atoms with Crippen LogP contribution in [0, 0.1) is 0 Å². The summed E-state index contributed by atoms with van der Waals surface area (Å²) in [6.45, 7) is 0.796. The first kappa shape index (κ1) is 15.8. The fourth-order valence-corrected chi connectivity index (χ4v) is 3.00. The van der Waals surface area contributed by atoms with Gasteiger partial charge >= 0.3 is 0 Å². The minimum atomic E-state index is 0.282. The molecule has 0 aliphatic carbocycles. The van der Waals surface area contributed by atoms with Gasteiger partial charge in [-0.05, 0) is 44.1 Å². The second-order valence-corrected chi connectivity index (χ2v) is 6.44. The van der Waals surface area contributed by atoms with Crippen LogP contribution in [-0.4, -0.2) is 46.4 Å². The summed E-state index contributed by atoms with van der Waals surface area (Å²) in [7, 11) is 4.20. The van der Waals surface area contributed by atoms with E-state index < -0.39 is 0 Å². The molecule has 2 heterocycles. The molecular formula is C17H21N5S.